The van der Waals surface area contributed by atoms with Crippen LogP contribution in [-0.2, 0) is 6.54 Å². The molecule has 1 aliphatic carbocycles. The highest BCUT2D eigenvalue weighted by molar-refractivity contribution is 5.17. The molecule has 0 aliphatic heterocycles. The first-order valence-corrected chi connectivity index (χ1v) is 7.60. The van der Waals surface area contributed by atoms with Gasteiger partial charge in [0.15, 0.2) is 0 Å². The lowest BCUT2D eigenvalue weighted by Gasteiger charge is -2.37. The molecule has 0 spiro atoms. The maximum atomic E-state index is 4.45. The van der Waals surface area contributed by atoms with Crippen molar-refractivity contribution in [3.05, 3.63) is 29.6 Å². The second-order valence-corrected chi connectivity index (χ2v) is 7.06. The van der Waals surface area contributed by atoms with E-state index in [0.29, 0.717) is 11.5 Å². The Balaban J connectivity index is 1.79. The Morgan fingerprint density at radius 2 is 1.89 bits per heavy atom. The van der Waals surface area contributed by atoms with Gasteiger partial charge in [0.2, 0.25) is 0 Å². The van der Waals surface area contributed by atoms with Crippen molar-refractivity contribution in [3.8, 4) is 0 Å². The van der Waals surface area contributed by atoms with Gasteiger partial charge >= 0.3 is 0 Å². The number of rotatable bonds is 3. The third kappa shape index (κ3) is 4.04. The Labute approximate surface area is 118 Å². The van der Waals surface area contributed by atoms with Crippen molar-refractivity contribution < 1.29 is 0 Å². The largest absolute Gasteiger partial charge is 0.308 e. The van der Waals surface area contributed by atoms with Gasteiger partial charge in [-0.25, -0.2) is 0 Å². The fraction of sp³-hybridized carbons (Fsp3) is 0.706. The highest BCUT2D eigenvalue weighted by Crippen LogP contribution is 2.37. The lowest BCUT2D eigenvalue weighted by atomic mass is 9.71. The zero-order chi connectivity index (χ0) is 13.9. The van der Waals surface area contributed by atoms with E-state index in [1.54, 1.807) is 0 Å². The molecule has 0 atom stereocenters. The Kier molecular flexibility index (Phi) is 4.62. The minimum absolute atomic E-state index is 0.475. The Bertz CT molecular complexity index is 398. The van der Waals surface area contributed by atoms with E-state index in [0.717, 1.165) is 12.5 Å². The van der Waals surface area contributed by atoms with Crippen LogP contribution in [0.5, 0.6) is 0 Å². The molecule has 1 N–H and O–H groups in total. The zero-order valence-corrected chi connectivity index (χ0v) is 12.9. The Morgan fingerprint density at radius 3 is 2.47 bits per heavy atom. The summed E-state index contributed by atoms with van der Waals surface area (Å²) in [7, 11) is 0. The quantitative estimate of drug-likeness (QED) is 0.885. The smallest absolute Gasteiger partial charge is 0.0570 e. The molecule has 1 heterocycles. The normalized spacial score (nSPS) is 24.4. The average Bonchev–Trinajstić information content (AvgIpc) is 2.37. The molecular weight excluding hydrogens is 232 g/mol. The summed E-state index contributed by atoms with van der Waals surface area (Å²) in [5.41, 5.74) is 2.96. The highest BCUT2D eigenvalue weighted by atomic mass is 14.9. The molecule has 0 aromatic carbocycles. The summed E-state index contributed by atoms with van der Waals surface area (Å²) < 4.78 is 0. The minimum atomic E-state index is 0.475. The number of nitrogens with zero attached hydrogens (tertiary/aromatic N) is 1. The third-order valence-corrected chi connectivity index (χ3v) is 4.63. The summed E-state index contributed by atoms with van der Waals surface area (Å²) in [6, 6.07) is 4.83. The van der Waals surface area contributed by atoms with Crippen LogP contribution in [0.3, 0.4) is 0 Å². The van der Waals surface area contributed by atoms with Gasteiger partial charge in [-0.15, -0.1) is 0 Å². The fourth-order valence-corrected chi connectivity index (χ4v) is 3.11. The molecule has 106 valence electrons. The predicted octanol–water partition coefficient (Wildman–Crippen LogP) is 4.08. The Morgan fingerprint density at radius 1 is 1.21 bits per heavy atom. The molecule has 1 aliphatic rings. The molecule has 19 heavy (non-hydrogen) atoms. The molecule has 1 fully saturated rings. The van der Waals surface area contributed by atoms with Crippen LogP contribution in [0.15, 0.2) is 18.3 Å². The molecule has 0 radical (unpaired) electrons. The van der Waals surface area contributed by atoms with Gasteiger partial charge in [0.05, 0.1) is 5.69 Å². The van der Waals surface area contributed by atoms with Crippen molar-refractivity contribution in [1.29, 1.82) is 0 Å². The maximum Gasteiger partial charge on any atom is 0.0570 e. The van der Waals surface area contributed by atoms with Gasteiger partial charge in [-0.2, -0.15) is 0 Å². The first-order chi connectivity index (χ1) is 8.97. The van der Waals surface area contributed by atoms with Crippen molar-refractivity contribution in [2.24, 2.45) is 11.3 Å². The van der Waals surface area contributed by atoms with Crippen molar-refractivity contribution in [2.75, 3.05) is 0 Å². The van der Waals surface area contributed by atoms with E-state index in [1.165, 1.54) is 36.9 Å². The first-order valence-electron chi connectivity index (χ1n) is 7.60. The molecular formula is C17H28N2. The summed E-state index contributed by atoms with van der Waals surface area (Å²) >= 11 is 0. The summed E-state index contributed by atoms with van der Waals surface area (Å²) in [6.07, 6.45) is 7.24. The lowest BCUT2D eigenvalue weighted by Crippen LogP contribution is -2.36. The molecule has 0 unspecified atom stereocenters. The monoisotopic (exact) mass is 260 g/mol. The molecule has 1 saturated carbocycles. The van der Waals surface area contributed by atoms with Crippen LogP contribution in [0.1, 0.15) is 57.7 Å². The number of aromatic nitrogens is 1. The number of aryl methyl sites for hydroxylation is 1. The van der Waals surface area contributed by atoms with Gasteiger partial charge < -0.3 is 5.32 Å². The standard InChI is InChI=1S/C17H28N2/c1-13-6-5-11-18-16(13)12-19-15-9-7-14(8-10-15)17(2,3)4/h5-6,11,14-15,19H,7-10,12H2,1-4H3. The summed E-state index contributed by atoms with van der Waals surface area (Å²) in [6.45, 7) is 10.2. The molecule has 2 heteroatoms. The predicted molar refractivity (Wildman–Crippen MR) is 81.0 cm³/mol. The van der Waals surface area contributed by atoms with Crippen molar-refractivity contribution in [2.45, 2.75) is 66.0 Å². The Hall–Kier alpha value is -0.890. The van der Waals surface area contributed by atoms with Crippen LogP contribution >= 0.6 is 0 Å². The molecule has 1 aromatic rings. The van der Waals surface area contributed by atoms with Gasteiger partial charge in [-0.05, 0) is 55.6 Å². The van der Waals surface area contributed by atoms with E-state index >= 15 is 0 Å². The van der Waals surface area contributed by atoms with E-state index in [4.69, 9.17) is 0 Å². The van der Waals surface area contributed by atoms with Gasteiger partial charge in [0.1, 0.15) is 0 Å². The van der Waals surface area contributed by atoms with E-state index < -0.39 is 0 Å². The zero-order valence-electron chi connectivity index (χ0n) is 12.9. The molecule has 2 nitrogen and oxygen atoms in total. The maximum absolute atomic E-state index is 4.45. The van der Waals surface area contributed by atoms with Crippen LogP contribution in [0.4, 0.5) is 0 Å². The summed E-state index contributed by atoms with van der Waals surface area (Å²) in [5.74, 6) is 0.891. The minimum Gasteiger partial charge on any atom is -0.308 e. The van der Waals surface area contributed by atoms with Crippen molar-refractivity contribution in [3.63, 3.8) is 0 Å². The topological polar surface area (TPSA) is 24.9 Å². The van der Waals surface area contributed by atoms with Crippen molar-refractivity contribution >= 4 is 0 Å². The van der Waals surface area contributed by atoms with Crippen LogP contribution in [0.25, 0.3) is 0 Å². The summed E-state index contributed by atoms with van der Waals surface area (Å²) in [4.78, 5) is 4.45. The van der Waals surface area contributed by atoms with Gasteiger partial charge in [0.25, 0.3) is 0 Å². The van der Waals surface area contributed by atoms with Gasteiger partial charge in [-0.3, -0.25) is 4.98 Å². The van der Waals surface area contributed by atoms with E-state index in [2.05, 4.69) is 44.1 Å². The number of nitrogens with one attached hydrogen (secondary N) is 1. The van der Waals surface area contributed by atoms with Crippen LogP contribution in [0.2, 0.25) is 0 Å². The second-order valence-electron chi connectivity index (χ2n) is 7.06. The molecule has 0 amide bonds. The lowest BCUT2D eigenvalue weighted by molar-refractivity contribution is 0.159. The molecule has 2 rings (SSSR count). The number of hydrogen-bond donors (Lipinski definition) is 1. The average molecular weight is 260 g/mol. The number of pyridine rings is 1. The number of hydrogen-bond acceptors (Lipinski definition) is 2. The van der Waals surface area contributed by atoms with Crippen LogP contribution in [0, 0.1) is 18.3 Å². The summed E-state index contributed by atoms with van der Waals surface area (Å²) in [5, 5.41) is 3.69. The molecule has 0 saturated heterocycles. The van der Waals surface area contributed by atoms with Crippen LogP contribution < -0.4 is 5.32 Å². The first kappa shape index (κ1) is 14.5. The molecule has 0 bridgehead atoms. The second kappa shape index (κ2) is 6.04. The van der Waals surface area contributed by atoms with E-state index in [-0.39, 0.29) is 0 Å². The van der Waals surface area contributed by atoms with Crippen LogP contribution in [-0.4, -0.2) is 11.0 Å². The van der Waals surface area contributed by atoms with E-state index in [1.807, 2.05) is 12.3 Å². The third-order valence-electron chi connectivity index (χ3n) is 4.63. The fourth-order valence-electron chi connectivity index (χ4n) is 3.11. The molecule has 1 aromatic heterocycles. The SMILES string of the molecule is Cc1cccnc1CNC1CCC(C(C)(C)C)CC1. The van der Waals surface area contributed by atoms with E-state index in [9.17, 15) is 0 Å². The highest BCUT2D eigenvalue weighted by Gasteiger charge is 2.29. The van der Waals surface area contributed by atoms with Gasteiger partial charge in [0, 0.05) is 18.8 Å². The van der Waals surface area contributed by atoms with Crippen molar-refractivity contribution in [1.82, 2.24) is 10.3 Å². The van der Waals surface area contributed by atoms with Gasteiger partial charge in [-0.1, -0.05) is 26.8 Å².